The molecule has 2 saturated heterocycles. The van der Waals surface area contributed by atoms with Crippen molar-refractivity contribution in [2.24, 2.45) is 0 Å². The molecule has 2 aliphatic heterocycles. The molecular weight excluding hydrogens is 318 g/mol. The van der Waals surface area contributed by atoms with E-state index in [0.29, 0.717) is 13.0 Å². The molecule has 0 bridgehead atoms. The predicted molar refractivity (Wildman–Crippen MR) is 97.7 cm³/mol. The molecule has 0 unspecified atom stereocenters. The highest BCUT2D eigenvalue weighted by molar-refractivity contribution is 5.77. The molecule has 3 rings (SSSR count). The van der Waals surface area contributed by atoms with Crippen LogP contribution in [-0.2, 0) is 9.53 Å². The van der Waals surface area contributed by atoms with E-state index in [1.807, 2.05) is 6.07 Å². The first-order valence-electron chi connectivity index (χ1n) is 9.16. The lowest BCUT2D eigenvalue weighted by Crippen LogP contribution is -2.47. The van der Waals surface area contributed by atoms with Gasteiger partial charge in [0.1, 0.15) is 0 Å². The quantitative estimate of drug-likeness (QED) is 0.825. The number of para-hydroxylation sites is 1. The van der Waals surface area contributed by atoms with Crippen LogP contribution in [-0.4, -0.2) is 85.9 Å². The third-order valence-corrected chi connectivity index (χ3v) is 5.38. The maximum Gasteiger partial charge on any atom is 0.224 e. The number of hydrogen-bond acceptors (Lipinski definition) is 5. The molecule has 1 amide bonds. The number of aliphatic hydroxyl groups is 1. The van der Waals surface area contributed by atoms with Gasteiger partial charge in [-0.05, 0) is 18.6 Å². The summed E-state index contributed by atoms with van der Waals surface area (Å²) in [6.45, 7) is 5.34. The molecule has 0 radical (unpaired) electrons. The summed E-state index contributed by atoms with van der Waals surface area (Å²) >= 11 is 0. The second kappa shape index (κ2) is 8.65. The van der Waals surface area contributed by atoms with Crippen LogP contribution in [0.1, 0.15) is 12.8 Å². The number of carbonyl (C=O) groups excluding carboxylic acids is 1. The standard InChI is InChI=1S/C19H29N3O3/c1-25-18-13-17(15-23)22(14-18)19(24)7-8-20-9-11-21(12-10-20)16-5-3-2-4-6-16/h2-6,17-18,23H,7-15H2,1H3/t17-,18-/m0/s1. The molecule has 0 spiro atoms. The minimum atomic E-state index is -0.0904. The molecular formula is C19H29N3O3. The molecule has 2 atom stereocenters. The summed E-state index contributed by atoms with van der Waals surface area (Å²) in [4.78, 5) is 19.1. The molecule has 1 aromatic carbocycles. The third-order valence-electron chi connectivity index (χ3n) is 5.38. The third kappa shape index (κ3) is 4.51. The molecule has 0 aromatic heterocycles. The Morgan fingerprint density at radius 2 is 1.92 bits per heavy atom. The van der Waals surface area contributed by atoms with Crippen LogP contribution in [0.2, 0.25) is 0 Å². The van der Waals surface area contributed by atoms with Crippen LogP contribution in [0.5, 0.6) is 0 Å². The molecule has 1 N–H and O–H groups in total. The molecule has 2 fully saturated rings. The van der Waals surface area contributed by atoms with Gasteiger partial charge in [-0.15, -0.1) is 0 Å². The summed E-state index contributed by atoms with van der Waals surface area (Å²) in [6.07, 6.45) is 1.29. The second-order valence-electron chi connectivity index (χ2n) is 6.89. The van der Waals surface area contributed by atoms with Crippen molar-refractivity contribution in [3.63, 3.8) is 0 Å². The zero-order valence-electron chi connectivity index (χ0n) is 15.0. The summed E-state index contributed by atoms with van der Waals surface area (Å²) in [6, 6.07) is 10.4. The van der Waals surface area contributed by atoms with Crippen molar-refractivity contribution in [3.05, 3.63) is 30.3 Å². The monoisotopic (exact) mass is 347 g/mol. The van der Waals surface area contributed by atoms with Crippen LogP contribution >= 0.6 is 0 Å². The van der Waals surface area contributed by atoms with Crippen molar-refractivity contribution in [2.75, 3.05) is 57.9 Å². The number of ether oxygens (including phenoxy) is 1. The Hall–Kier alpha value is -1.63. The van der Waals surface area contributed by atoms with Crippen LogP contribution < -0.4 is 4.90 Å². The highest BCUT2D eigenvalue weighted by atomic mass is 16.5. The average Bonchev–Trinajstić information content (AvgIpc) is 3.11. The van der Waals surface area contributed by atoms with Gasteiger partial charge >= 0.3 is 0 Å². The van der Waals surface area contributed by atoms with Gasteiger partial charge in [-0.25, -0.2) is 0 Å². The highest BCUT2D eigenvalue weighted by Gasteiger charge is 2.34. The van der Waals surface area contributed by atoms with Crippen LogP contribution in [0.25, 0.3) is 0 Å². The Kier molecular flexibility index (Phi) is 6.29. The number of likely N-dealkylation sites (tertiary alicyclic amines) is 1. The van der Waals surface area contributed by atoms with E-state index in [2.05, 4.69) is 34.1 Å². The van der Waals surface area contributed by atoms with Gasteiger partial charge in [-0.1, -0.05) is 18.2 Å². The largest absolute Gasteiger partial charge is 0.394 e. The Bertz CT molecular complexity index is 546. The van der Waals surface area contributed by atoms with E-state index >= 15 is 0 Å². The number of hydrogen-bond donors (Lipinski definition) is 1. The molecule has 138 valence electrons. The minimum absolute atomic E-state index is 0.0152. The van der Waals surface area contributed by atoms with Gasteiger partial charge in [0.2, 0.25) is 5.91 Å². The zero-order chi connectivity index (χ0) is 17.6. The SMILES string of the molecule is CO[C@H]1C[C@@H](CO)N(C(=O)CCN2CCN(c3ccccc3)CC2)C1. The number of anilines is 1. The van der Waals surface area contributed by atoms with Crippen molar-refractivity contribution in [1.29, 1.82) is 0 Å². The van der Waals surface area contributed by atoms with Crippen molar-refractivity contribution in [2.45, 2.75) is 25.0 Å². The van der Waals surface area contributed by atoms with E-state index < -0.39 is 0 Å². The van der Waals surface area contributed by atoms with Crippen molar-refractivity contribution < 1.29 is 14.6 Å². The molecule has 25 heavy (non-hydrogen) atoms. The van der Waals surface area contributed by atoms with Crippen molar-refractivity contribution >= 4 is 11.6 Å². The summed E-state index contributed by atoms with van der Waals surface area (Å²) in [5, 5.41) is 9.49. The molecule has 1 aromatic rings. The minimum Gasteiger partial charge on any atom is -0.394 e. The van der Waals surface area contributed by atoms with E-state index in [1.54, 1.807) is 12.0 Å². The van der Waals surface area contributed by atoms with E-state index in [1.165, 1.54) is 5.69 Å². The number of amides is 1. The van der Waals surface area contributed by atoms with Gasteiger partial charge < -0.3 is 19.6 Å². The van der Waals surface area contributed by atoms with Crippen LogP contribution in [0.3, 0.4) is 0 Å². The van der Waals surface area contributed by atoms with E-state index in [9.17, 15) is 9.90 Å². The Morgan fingerprint density at radius 1 is 1.20 bits per heavy atom. The molecule has 6 nitrogen and oxygen atoms in total. The molecule has 6 heteroatoms. The fourth-order valence-electron chi connectivity index (χ4n) is 3.79. The average molecular weight is 347 g/mol. The number of aliphatic hydroxyl groups excluding tert-OH is 1. The Balaban J connectivity index is 1.43. The number of nitrogens with zero attached hydrogens (tertiary/aromatic N) is 3. The summed E-state index contributed by atoms with van der Waals surface area (Å²) in [5.41, 5.74) is 1.27. The zero-order valence-corrected chi connectivity index (χ0v) is 15.0. The molecule has 2 aliphatic rings. The van der Waals surface area contributed by atoms with Gasteiger partial charge in [-0.2, -0.15) is 0 Å². The number of carbonyl (C=O) groups is 1. The fourth-order valence-corrected chi connectivity index (χ4v) is 3.79. The summed E-state index contributed by atoms with van der Waals surface area (Å²) < 4.78 is 5.35. The normalized spacial score (nSPS) is 24.7. The van der Waals surface area contributed by atoms with Gasteiger partial charge in [0.05, 0.1) is 18.8 Å². The summed E-state index contributed by atoms with van der Waals surface area (Å²) in [5.74, 6) is 0.129. The van der Waals surface area contributed by atoms with Crippen LogP contribution in [0.4, 0.5) is 5.69 Å². The van der Waals surface area contributed by atoms with Crippen LogP contribution in [0.15, 0.2) is 30.3 Å². The van der Waals surface area contributed by atoms with Crippen LogP contribution in [0, 0.1) is 0 Å². The second-order valence-corrected chi connectivity index (χ2v) is 6.89. The van der Waals surface area contributed by atoms with Gasteiger partial charge in [0, 0.05) is 58.5 Å². The molecule has 2 heterocycles. The molecule has 0 saturated carbocycles. The lowest BCUT2D eigenvalue weighted by atomic mass is 10.2. The van der Waals surface area contributed by atoms with Gasteiger partial charge in [0.25, 0.3) is 0 Å². The van der Waals surface area contributed by atoms with E-state index in [4.69, 9.17) is 4.74 Å². The maximum absolute atomic E-state index is 12.5. The first-order valence-corrected chi connectivity index (χ1v) is 9.16. The van der Waals surface area contributed by atoms with Gasteiger partial charge in [0.15, 0.2) is 0 Å². The van der Waals surface area contributed by atoms with Gasteiger partial charge in [-0.3, -0.25) is 9.69 Å². The van der Waals surface area contributed by atoms with E-state index in [0.717, 1.165) is 39.1 Å². The van der Waals surface area contributed by atoms with Crippen molar-refractivity contribution in [1.82, 2.24) is 9.80 Å². The maximum atomic E-state index is 12.5. The number of methoxy groups -OCH3 is 1. The number of piperazine rings is 1. The predicted octanol–water partition coefficient (Wildman–Crippen LogP) is 0.807. The number of benzene rings is 1. The van der Waals surface area contributed by atoms with E-state index in [-0.39, 0.29) is 24.7 Å². The molecule has 0 aliphatic carbocycles. The Morgan fingerprint density at radius 3 is 2.56 bits per heavy atom. The first-order chi connectivity index (χ1) is 12.2. The smallest absolute Gasteiger partial charge is 0.224 e. The fraction of sp³-hybridized carbons (Fsp3) is 0.632. The van der Waals surface area contributed by atoms with Crippen molar-refractivity contribution in [3.8, 4) is 0 Å². The first kappa shape index (κ1) is 18.2. The lowest BCUT2D eigenvalue weighted by molar-refractivity contribution is -0.133. The topological polar surface area (TPSA) is 56.3 Å². The number of rotatable bonds is 6. The summed E-state index contributed by atoms with van der Waals surface area (Å²) in [7, 11) is 1.67. The lowest BCUT2D eigenvalue weighted by Gasteiger charge is -2.36. The highest BCUT2D eigenvalue weighted by Crippen LogP contribution is 2.21. The Labute approximate surface area is 150 Å².